The molecular formula is C23H34O5. The molecule has 1 aromatic carbocycles. The highest BCUT2D eigenvalue weighted by Gasteiger charge is 2.66. The van der Waals surface area contributed by atoms with E-state index in [0.717, 1.165) is 30.4 Å². The van der Waals surface area contributed by atoms with Gasteiger partial charge in [-0.25, -0.2) is 0 Å². The molecule has 0 spiro atoms. The molecule has 0 saturated heterocycles. The van der Waals surface area contributed by atoms with Crippen LogP contribution in [-0.2, 0) is 15.8 Å². The molecule has 1 unspecified atom stereocenters. The Morgan fingerprint density at radius 3 is 2.00 bits per heavy atom. The summed E-state index contributed by atoms with van der Waals surface area (Å²) < 4.78 is 17.5. The minimum Gasteiger partial charge on any atom is -0.496 e. The van der Waals surface area contributed by atoms with Gasteiger partial charge in [0.25, 0.3) is 0 Å². The number of fused-ring (bicyclic) bond motifs is 3. The van der Waals surface area contributed by atoms with Gasteiger partial charge in [0.2, 0.25) is 0 Å². The zero-order valence-corrected chi connectivity index (χ0v) is 18.4. The highest BCUT2D eigenvalue weighted by atomic mass is 16.5. The summed E-state index contributed by atoms with van der Waals surface area (Å²) >= 11 is 0. The molecule has 3 atom stereocenters. The smallest absolute Gasteiger partial charge is 0.168 e. The zero-order chi connectivity index (χ0) is 21.1. The van der Waals surface area contributed by atoms with Crippen molar-refractivity contribution in [3.63, 3.8) is 0 Å². The van der Waals surface area contributed by atoms with Crippen molar-refractivity contribution in [1.82, 2.24) is 0 Å². The van der Waals surface area contributed by atoms with Gasteiger partial charge >= 0.3 is 0 Å². The van der Waals surface area contributed by atoms with E-state index in [1.807, 2.05) is 13.8 Å². The van der Waals surface area contributed by atoms with Crippen molar-refractivity contribution >= 4 is 6.29 Å². The lowest BCUT2D eigenvalue weighted by Gasteiger charge is -2.50. The van der Waals surface area contributed by atoms with Crippen molar-refractivity contribution in [3.8, 4) is 17.2 Å². The third-order valence-electron chi connectivity index (χ3n) is 7.12. The molecule has 0 bridgehead atoms. The first kappa shape index (κ1) is 21.0. The Morgan fingerprint density at radius 2 is 1.54 bits per heavy atom. The van der Waals surface area contributed by atoms with Gasteiger partial charge in [-0.3, -0.25) is 4.79 Å². The van der Waals surface area contributed by atoms with Crippen LogP contribution in [0.5, 0.6) is 17.2 Å². The summed E-state index contributed by atoms with van der Waals surface area (Å²) in [6.07, 6.45) is 3.56. The lowest BCUT2D eigenvalue weighted by Crippen LogP contribution is -2.51. The third kappa shape index (κ3) is 2.44. The minimum atomic E-state index is -1.64. The highest BCUT2D eigenvalue weighted by molar-refractivity contribution is 5.80. The topological polar surface area (TPSA) is 65.0 Å². The monoisotopic (exact) mass is 390 g/mol. The average Bonchev–Trinajstić information content (AvgIpc) is 2.85. The predicted octanol–water partition coefficient (Wildman–Crippen LogP) is 4.32. The highest BCUT2D eigenvalue weighted by Crippen LogP contribution is 2.69. The molecular weight excluding hydrogens is 356 g/mol. The molecule has 28 heavy (non-hydrogen) atoms. The normalized spacial score (nSPS) is 30.6. The number of carbonyl (C=O) groups is 1. The second kappa shape index (κ2) is 6.65. The fourth-order valence-corrected chi connectivity index (χ4v) is 6.45. The van der Waals surface area contributed by atoms with Gasteiger partial charge < -0.3 is 19.3 Å². The largest absolute Gasteiger partial charge is 0.496 e. The first-order valence-electron chi connectivity index (χ1n) is 10.1. The zero-order valence-electron chi connectivity index (χ0n) is 18.4. The number of methoxy groups -OCH3 is 3. The number of hydrogen-bond acceptors (Lipinski definition) is 5. The molecule has 1 N–H and O–H groups in total. The van der Waals surface area contributed by atoms with Crippen molar-refractivity contribution in [2.75, 3.05) is 21.3 Å². The van der Waals surface area contributed by atoms with Gasteiger partial charge in [0.1, 0.15) is 5.75 Å². The van der Waals surface area contributed by atoms with Crippen LogP contribution in [-0.4, -0.2) is 32.7 Å². The summed E-state index contributed by atoms with van der Waals surface area (Å²) in [7, 11) is 4.84. The van der Waals surface area contributed by atoms with E-state index in [2.05, 4.69) is 20.8 Å². The Labute approximate surface area is 168 Å². The summed E-state index contributed by atoms with van der Waals surface area (Å²) in [6, 6.07) is 0. The molecule has 0 aromatic heterocycles. The number of benzene rings is 1. The molecule has 2 aliphatic rings. The Kier molecular flexibility index (Phi) is 4.98. The van der Waals surface area contributed by atoms with E-state index < -0.39 is 11.0 Å². The molecule has 0 radical (unpaired) electrons. The molecule has 0 amide bonds. The number of ether oxygens (including phenoxy) is 3. The van der Waals surface area contributed by atoms with Crippen LogP contribution in [0.25, 0.3) is 0 Å². The minimum absolute atomic E-state index is 0.0587. The second-order valence-corrected chi connectivity index (χ2v) is 9.55. The van der Waals surface area contributed by atoms with Crippen molar-refractivity contribution in [1.29, 1.82) is 0 Å². The van der Waals surface area contributed by atoms with Gasteiger partial charge in [-0.05, 0) is 24.2 Å². The first-order valence-corrected chi connectivity index (χ1v) is 10.1. The van der Waals surface area contributed by atoms with E-state index in [4.69, 9.17) is 14.2 Å². The number of aldehydes is 1. The van der Waals surface area contributed by atoms with Gasteiger partial charge in [-0.15, -0.1) is 0 Å². The van der Waals surface area contributed by atoms with Crippen LogP contribution in [0.2, 0.25) is 0 Å². The SMILES string of the molecule is COc1c(OC)c2c(c(OC)c1C(C)C)C(O)(C=O)[C@@H]1C(C)(C)CCC[C@]21C. The van der Waals surface area contributed by atoms with E-state index in [-0.39, 0.29) is 17.3 Å². The second-order valence-electron chi connectivity index (χ2n) is 9.55. The fraction of sp³-hybridized carbons (Fsp3) is 0.696. The summed E-state index contributed by atoms with van der Waals surface area (Å²) in [5, 5.41) is 11.9. The van der Waals surface area contributed by atoms with E-state index >= 15 is 0 Å². The molecule has 0 aliphatic heterocycles. The lowest BCUT2D eigenvalue weighted by molar-refractivity contribution is -0.145. The van der Waals surface area contributed by atoms with Crippen LogP contribution < -0.4 is 14.2 Å². The van der Waals surface area contributed by atoms with Crippen molar-refractivity contribution in [2.24, 2.45) is 11.3 Å². The number of aliphatic hydroxyl groups is 1. The summed E-state index contributed by atoms with van der Waals surface area (Å²) in [6.45, 7) is 10.5. The summed E-state index contributed by atoms with van der Waals surface area (Å²) in [5.74, 6) is 1.58. The lowest BCUT2D eigenvalue weighted by atomic mass is 9.54. The standard InChI is InChI=1S/C23H34O5/c1-13(2)14-17(26-6)16-15(19(28-8)18(14)27-7)22(5)11-9-10-21(3,4)20(22)23(16,25)12-24/h12-13,20,25H,9-11H2,1-8H3/t20-,22-,23?/m1/s1. The van der Waals surface area contributed by atoms with Gasteiger partial charge in [-0.1, -0.05) is 41.0 Å². The van der Waals surface area contributed by atoms with E-state index in [9.17, 15) is 9.90 Å². The van der Waals surface area contributed by atoms with E-state index in [0.29, 0.717) is 29.1 Å². The Bertz CT molecular complexity index is 797. The maximum absolute atomic E-state index is 12.5. The van der Waals surface area contributed by atoms with Gasteiger partial charge in [0.15, 0.2) is 23.4 Å². The fourth-order valence-electron chi connectivity index (χ4n) is 6.45. The number of rotatable bonds is 5. The Morgan fingerprint density at radius 1 is 0.964 bits per heavy atom. The van der Waals surface area contributed by atoms with Crippen molar-refractivity contribution < 1.29 is 24.1 Å². The Hall–Kier alpha value is -1.75. The van der Waals surface area contributed by atoms with Crippen LogP contribution in [0.1, 0.15) is 76.5 Å². The van der Waals surface area contributed by atoms with Gasteiger partial charge in [0.05, 0.1) is 21.3 Å². The summed E-state index contributed by atoms with van der Waals surface area (Å²) in [5.41, 5.74) is -0.0326. The van der Waals surface area contributed by atoms with Gasteiger partial charge in [-0.2, -0.15) is 0 Å². The molecule has 1 aromatic rings. The first-order chi connectivity index (χ1) is 13.0. The Balaban J connectivity index is 2.55. The van der Waals surface area contributed by atoms with E-state index in [1.54, 1.807) is 21.3 Å². The summed E-state index contributed by atoms with van der Waals surface area (Å²) in [4.78, 5) is 12.5. The third-order valence-corrected chi connectivity index (χ3v) is 7.12. The molecule has 156 valence electrons. The molecule has 3 rings (SSSR count). The van der Waals surface area contributed by atoms with Gasteiger partial charge in [0, 0.05) is 28.0 Å². The quantitative estimate of drug-likeness (QED) is 0.759. The van der Waals surface area contributed by atoms with Crippen LogP contribution in [0.4, 0.5) is 0 Å². The van der Waals surface area contributed by atoms with E-state index in [1.165, 1.54) is 0 Å². The molecule has 1 saturated carbocycles. The van der Waals surface area contributed by atoms with Crippen LogP contribution in [0.15, 0.2) is 0 Å². The molecule has 5 heteroatoms. The average molecular weight is 391 g/mol. The van der Waals surface area contributed by atoms with Crippen molar-refractivity contribution in [2.45, 2.75) is 70.8 Å². The molecule has 5 nitrogen and oxygen atoms in total. The van der Waals surface area contributed by atoms with Crippen molar-refractivity contribution in [3.05, 3.63) is 16.7 Å². The van der Waals surface area contributed by atoms with Crippen LogP contribution in [0.3, 0.4) is 0 Å². The molecule has 1 fully saturated rings. The molecule has 2 aliphatic carbocycles. The number of hydrogen-bond donors (Lipinski definition) is 1. The predicted molar refractivity (Wildman–Crippen MR) is 109 cm³/mol. The number of carbonyl (C=O) groups excluding carboxylic acids is 1. The van der Waals surface area contributed by atoms with Crippen LogP contribution >= 0.6 is 0 Å². The maximum Gasteiger partial charge on any atom is 0.168 e. The molecule has 0 heterocycles. The van der Waals surface area contributed by atoms with Crippen LogP contribution in [0, 0.1) is 11.3 Å². The maximum atomic E-state index is 12.5.